The molecule has 1 aliphatic heterocycles. The average Bonchev–Trinajstić information content (AvgIpc) is 3.31. The molecular formula is C20H30O3. The average molecular weight is 318 g/mol. The molecule has 0 atom stereocenters. The molecule has 0 fully saturated rings. The van der Waals surface area contributed by atoms with E-state index in [1.54, 1.807) is 12.2 Å². The van der Waals surface area contributed by atoms with Crippen molar-refractivity contribution in [2.24, 2.45) is 0 Å². The van der Waals surface area contributed by atoms with E-state index in [1.165, 1.54) is 57.8 Å². The Hall–Kier alpha value is -1.77. The SMILES string of the molecule is CCCCCCCCCCCC=C/C=C/C=C\C1=C(C(=O)O)O1. The van der Waals surface area contributed by atoms with Gasteiger partial charge in [-0.15, -0.1) is 0 Å². The molecule has 0 bridgehead atoms. The predicted octanol–water partition coefficient (Wildman–Crippen LogP) is 5.90. The predicted molar refractivity (Wildman–Crippen MR) is 95.0 cm³/mol. The lowest BCUT2D eigenvalue weighted by molar-refractivity contribution is -0.133. The maximum atomic E-state index is 10.5. The molecule has 0 saturated carbocycles. The number of carbonyl (C=O) groups is 1. The van der Waals surface area contributed by atoms with Crippen LogP contribution >= 0.6 is 0 Å². The summed E-state index contributed by atoms with van der Waals surface area (Å²) in [4.78, 5) is 10.5. The van der Waals surface area contributed by atoms with E-state index in [2.05, 4.69) is 13.0 Å². The van der Waals surface area contributed by atoms with Crippen molar-refractivity contribution < 1.29 is 14.6 Å². The molecule has 0 aromatic rings. The van der Waals surface area contributed by atoms with Gasteiger partial charge >= 0.3 is 5.97 Å². The van der Waals surface area contributed by atoms with Crippen LogP contribution in [0, 0.1) is 0 Å². The molecule has 0 unspecified atom stereocenters. The van der Waals surface area contributed by atoms with Gasteiger partial charge in [0.1, 0.15) is 0 Å². The van der Waals surface area contributed by atoms with Crippen LogP contribution in [0.15, 0.2) is 48.0 Å². The minimum Gasteiger partial charge on any atom is -0.475 e. The third kappa shape index (κ3) is 10.6. The maximum absolute atomic E-state index is 10.5. The largest absolute Gasteiger partial charge is 0.475 e. The van der Waals surface area contributed by atoms with Gasteiger partial charge in [-0.25, -0.2) is 4.79 Å². The number of rotatable bonds is 14. The number of hydrogen-bond acceptors (Lipinski definition) is 2. The van der Waals surface area contributed by atoms with Gasteiger partial charge in [-0.2, -0.15) is 0 Å². The van der Waals surface area contributed by atoms with E-state index >= 15 is 0 Å². The summed E-state index contributed by atoms with van der Waals surface area (Å²) in [7, 11) is 0. The van der Waals surface area contributed by atoms with Crippen LogP contribution < -0.4 is 0 Å². The lowest BCUT2D eigenvalue weighted by atomic mass is 10.1. The molecule has 0 aromatic carbocycles. The topological polar surface area (TPSA) is 49.8 Å². The van der Waals surface area contributed by atoms with Gasteiger partial charge in [0.25, 0.3) is 5.76 Å². The van der Waals surface area contributed by atoms with E-state index in [1.807, 2.05) is 18.2 Å². The molecule has 0 amide bonds. The zero-order valence-corrected chi connectivity index (χ0v) is 14.3. The molecule has 23 heavy (non-hydrogen) atoms. The Morgan fingerprint density at radius 2 is 1.52 bits per heavy atom. The first-order valence-electron chi connectivity index (χ1n) is 8.91. The molecule has 1 heterocycles. The van der Waals surface area contributed by atoms with Gasteiger partial charge in [-0.05, 0) is 18.9 Å². The number of unbranched alkanes of at least 4 members (excludes halogenated alkanes) is 9. The fourth-order valence-electron chi connectivity index (χ4n) is 2.36. The summed E-state index contributed by atoms with van der Waals surface area (Å²) in [6, 6.07) is 0. The van der Waals surface area contributed by atoms with E-state index in [0.717, 1.165) is 6.42 Å². The standard InChI is InChI=1S/C20H30O3/c1-2-3-4-5-6-7-8-9-10-11-12-13-14-15-16-17-18-19(23-18)20(21)22/h12-17H,2-11H2,1H3,(H,21,22)/b13-12?,15-14+,17-16-. The van der Waals surface area contributed by atoms with Crippen molar-refractivity contribution in [3.05, 3.63) is 48.0 Å². The quantitative estimate of drug-likeness (QED) is 0.320. The summed E-state index contributed by atoms with van der Waals surface area (Å²) in [5.74, 6) is -0.508. The molecule has 0 aliphatic carbocycles. The van der Waals surface area contributed by atoms with Crippen molar-refractivity contribution in [3.63, 3.8) is 0 Å². The third-order valence-corrected chi connectivity index (χ3v) is 3.78. The first-order chi connectivity index (χ1) is 11.3. The van der Waals surface area contributed by atoms with Crippen LogP contribution in [0.2, 0.25) is 0 Å². The van der Waals surface area contributed by atoms with Gasteiger partial charge in [0.15, 0.2) is 5.76 Å². The van der Waals surface area contributed by atoms with E-state index in [0.29, 0.717) is 5.76 Å². The van der Waals surface area contributed by atoms with E-state index in [-0.39, 0.29) is 5.76 Å². The van der Waals surface area contributed by atoms with Crippen molar-refractivity contribution in [1.82, 2.24) is 0 Å². The van der Waals surface area contributed by atoms with Gasteiger partial charge in [0, 0.05) is 0 Å². The van der Waals surface area contributed by atoms with Crippen LogP contribution in [0.3, 0.4) is 0 Å². The highest BCUT2D eigenvalue weighted by Gasteiger charge is 2.29. The maximum Gasteiger partial charge on any atom is 0.375 e. The summed E-state index contributed by atoms with van der Waals surface area (Å²) in [5.41, 5.74) is 0. The Balaban J connectivity index is 1.90. The summed E-state index contributed by atoms with van der Waals surface area (Å²) in [5, 5.41) is 8.60. The summed E-state index contributed by atoms with van der Waals surface area (Å²) in [6.07, 6.45) is 24.9. The lowest BCUT2D eigenvalue weighted by Crippen LogP contribution is -1.88. The molecule has 128 valence electrons. The van der Waals surface area contributed by atoms with E-state index in [9.17, 15) is 4.79 Å². The number of aliphatic carboxylic acids is 1. The first kappa shape index (κ1) is 19.3. The Kier molecular flexibility index (Phi) is 10.7. The van der Waals surface area contributed by atoms with E-state index in [4.69, 9.17) is 9.84 Å². The molecule has 0 aromatic heterocycles. The monoisotopic (exact) mass is 318 g/mol. The summed E-state index contributed by atoms with van der Waals surface area (Å²) < 4.78 is 4.79. The van der Waals surface area contributed by atoms with Crippen molar-refractivity contribution in [3.8, 4) is 0 Å². The normalized spacial score (nSPS) is 14.3. The first-order valence-corrected chi connectivity index (χ1v) is 8.91. The minimum absolute atomic E-state index is 0.0514. The Bertz CT molecular complexity index is 456. The molecule has 0 spiro atoms. The van der Waals surface area contributed by atoms with Crippen molar-refractivity contribution in [2.75, 3.05) is 0 Å². The fourth-order valence-corrected chi connectivity index (χ4v) is 2.36. The number of hydrogen-bond donors (Lipinski definition) is 1. The highest BCUT2D eigenvalue weighted by atomic mass is 16.6. The molecule has 3 heteroatoms. The Morgan fingerprint density at radius 1 is 0.913 bits per heavy atom. The molecule has 0 radical (unpaired) electrons. The second-order valence-electron chi connectivity index (χ2n) is 5.89. The molecule has 1 aliphatic rings. The van der Waals surface area contributed by atoms with E-state index < -0.39 is 5.97 Å². The van der Waals surface area contributed by atoms with Crippen LogP contribution in [0.5, 0.6) is 0 Å². The molecule has 1 rings (SSSR count). The van der Waals surface area contributed by atoms with Crippen LogP contribution in [-0.2, 0) is 9.53 Å². The van der Waals surface area contributed by atoms with Gasteiger partial charge in [0.2, 0.25) is 0 Å². The zero-order chi connectivity index (χ0) is 16.8. The highest BCUT2D eigenvalue weighted by molar-refractivity contribution is 5.89. The van der Waals surface area contributed by atoms with Crippen LogP contribution in [0.25, 0.3) is 0 Å². The third-order valence-electron chi connectivity index (χ3n) is 3.78. The summed E-state index contributed by atoms with van der Waals surface area (Å²) in [6.45, 7) is 2.26. The van der Waals surface area contributed by atoms with Crippen molar-refractivity contribution in [1.29, 1.82) is 0 Å². The van der Waals surface area contributed by atoms with Crippen LogP contribution in [0.1, 0.15) is 71.1 Å². The smallest absolute Gasteiger partial charge is 0.375 e. The number of allylic oxidation sites excluding steroid dienone is 6. The number of carboxylic acids is 1. The molecular weight excluding hydrogens is 288 g/mol. The summed E-state index contributed by atoms with van der Waals surface area (Å²) >= 11 is 0. The molecule has 1 N–H and O–H groups in total. The lowest BCUT2D eigenvalue weighted by Gasteiger charge is -2.00. The van der Waals surface area contributed by atoms with Gasteiger partial charge in [-0.3, -0.25) is 0 Å². The van der Waals surface area contributed by atoms with Crippen LogP contribution in [0.4, 0.5) is 0 Å². The zero-order valence-electron chi connectivity index (χ0n) is 14.3. The molecule has 3 nitrogen and oxygen atoms in total. The van der Waals surface area contributed by atoms with Gasteiger partial charge in [0.05, 0.1) is 0 Å². The van der Waals surface area contributed by atoms with Gasteiger partial charge < -0.3 is 9.84 Å². The fraction of sp³-hybridized carbons (Fsp3) is 0.550. The van der Waals surface area contributed by atoms with Gasteiger partial charge in [-0.1, -0.05) is 88.7 Å². The van der Waals surface area contributed by atoms with Crippen LogP contribution in [-0.4, -0.2) is 11.1 Å². The second kappa shape index (κ2) is 12.7. The second-order valence-corrected chi connectivity index (χ2v) is 5.89. The number of carboxylic acid groups (broad SMARTS) is 1. The molecule has 0 saturated heterocycles. The Labute approximate surface area is 140 Å². The van der Waals surface area contributed by atoms with Crippen molar-refractivity contribution in [2.45, 2.75) is 71.1 Å². The Morgan fingerprint density at radius 3 is 2.13 bits per heavy atom. The van der Waals surface area contributed by atoms with Crippen molar-refractivity contribution >= 4 is 5.97 Å². The highest BCUT2D eigenvalue weighted by Crippen LogP contribution is 2.26. The minimum atomic E-state index is -1.01. The number of ether oxygens (including phenoxy) is 1.